The Hall–Kier alpha value is -0.0400. The second kappa shape index (κ2) is 4.86. The molecule has 1 unspecified atom stereocenters. The largest absolute Gasteiger partial charge is 0.373 e. The molecule has 12 heavy (non-hydrogen) atoms. The van der Waals surface area contributed by atoms with E-state index in [4.69, 9.17) is 4.74 Å². The molecule has 0 saturated carbocycles. The van der Waals surface area contributed by atoms with Crippen molar-refractivity contribution in [2.24, 2.45) is 5.92 Å². The molecule has 0 heterocycles. The summed E-state index contributed by atoms with van der Waals surface area (Å²) >= 11 is 0. The fraction of sp³-hybridized carbons (Fsp3) is 0.909. The van der Waals surface area contributed by atoms with Crippen molar-refractivity contribution in [1.82, 2.24) is 0 Å². The summed E-state index contributed by atoms with van der Waals surface area (Å²) in [7, 11) is 0. The van der Waals surface area contributed by atoms with Gasteiger partial charge in [-0.15, -0.1) is 0 Å². The minimum absolute atomic E-state index is 0.0305. The van der Waals surface area contributed by atoms with Crippen LogP contribution >= 0.6 is 0 Å². The summed E-state index contributed by atoms with van der Waals surface area (Å²) in [6.07, 6.45) is 2.31. The van der Waals surface area contributed by atoms with E-state index in [1.807, 2.05) is 0 Å². The van der Waals surface area contributed by atoms with Crippen LogP contribution in [0, 0.1) is 12.8 Å². The monoisotopic (exact) mass is 171 g/mol. The molecule has 0 aliphatic rings. The molecule has 1 heteroatoms. The molecule has 0 aliphatic carbocycles. The van der Waals surface area contributed by atoms with Crippen LogP contribution in [-0.4, -0.2) is 11.7 Å². The topological polar surface area (TPSA) is 9.23 Å². The van der Waals surface area contributed by atoms with E-state index >= 15 is 0 Å². The molecule has 1 radical (unpaired) electrons. The van der Waals surface area contributed by atoms with Gasteiger partial charge in [0.2, 0.25) is 0 Å². The van der Waals surface area contributed by atoms with E-state index in [1.54, 1.807) is 0 Å². The molecular formula is C11H23O. The molecule has 0 saturated heterocycles. The predicted molar refractivity (Wildman–Crippen MR) is 54.1 cm³/mol. The normalized spacial score (nSPS) is 15.2. The Morgan fingerprint density at radius 3 is 2.00 bits per heavy atom. The maximum Gasteiger partial charge on any atom is 0.0602 e. The van der Waals surface area contributed by atoms with Gasteiger partial charge in [-0.1, -0.05) is 20.8 Å². The van der Waals surface area contributed by atoms with E-state index in [0.29, 0.717) is 12.0 Å². The van der Waals surface area contributed by atoms with E-state index in [-0.39, 0.29) is 5.60 Å². The van der Waals surface area contributed by atoms with Crippen LogP contribution in [0.3, 0.4) is 0 Å². The molecular weight excluding hydrogens is 148 g/mol. The summed E-state index contributed by atoms with van der Waals surface area (Å²) in [6.45, 7) is 14.6. The average Bonchev–Trinajstić information content (AvgIpc) is 1.82. The van der Waals surface area contributed by atoms with E-state index in [0.717, 1.165) is 12.8 Å². The van der Waals surface area contributed by atoms with Crippen molar-refractivity contribution >= 4 is 0 Å². The summed E-state index contributed by atoms with van der Waals surface area (Å²) in [4.78, 5) is 0. The van der Waals surface area contributed by atoms with Gasteiger partial charge in [0.05, 0.1) is 11.7 Å². The molecule has 1 atom stereocenters. The standard InChI is InChI=1S/C11H23O/c1-7-10(8-9(2)3)12-11(4,5)6/h9-10H,1,7-8H2,2-6H3. The second-order valence-electron chi connectivity index (χ2n) is 4.77. The Morgan fingerprint density at radius 2 is 1.75 bits per heavy atom. The zero-order valence-corrected chi connectivity index (χ0v) is 9.18. The Labute approximate surface area is 77.5 Å². The molecule has 0 amide bonds. The molecule has 0 spiro atoms. The lowest BCUT2D eigenvalue weighted by Gasteiger charge is -2.27. The van der Waals surface area contributed by atoms with Gasteiger partial charge in [-0.05, 0) is 39.5 Å². The quantitative estimate of drug-likeness (QED) is 0.629. The Kier molecular flexibility index (Phi) is 4.84. The summed E-state index contributed by atoms with van der Waals surface area (Å²) in [5.74, 6) is 0.694. The third-order valence-corrected chi connectivity index (χ3v) is 1.58. The molecule has 0 rings (SSSR count). The number of ether oxygens (including phenoxy) is 1. The molecule has 0 aromatic rings. The molecule has 0 aromatic heterocycles. The molecule has 0 aromatic carbocycles. The Morgan fingerprint density at radius 1 is 1.25 bits per heavy atom. The highest BCUT2D eigenvalue weighted by Gasteiger charge is 2.17. The van der Waals surface area contributed by atoms with E-state index in [2.05, 4.69) is 41.5 Å². The summed E-state index contributed by atoms with van der Waals surface area (Å²) in [5, 5.41) is 0. The lowest BCUT2D eigenvalue weighted by molar-refractivity contribution is -0.0659. The summed E-state index contributed by atoms with van der Waals surface area (Å²) < 4.78 is 5.84. The van der Waals surface area contributed by atoms with Crippen LogP contribution in [0.25, 0.3) is 0 Å². The Balaban J connectivity index is 3.83. The van der Waals surface area contributed by atoms with Crippen LogP contribution in [0.15, 0.2) is 0 Å². The number of rotatable bonds is 4. The molecule has 1 nitrogen and oxygen atoms in total. The van der Waals surface area contributed by atoms with Gasteiger partial charge in [-0.25, -0.2) is 0 Å². The first-order chi connectivity index (χ1) is 5.35. The van der Waals surface area contributed by atoms with E-state index in [1.165, 1.54) is 0 Å². The fourth-order valence-corrected chi connectivity index (χ4v) is 1.25. The van der Waals surface area contributed by atoms with Crippen molar-refractivity contribution in [2.75, 3.05) is 0 Å². The summed E-state index contributed by atoms with van der Waals surface area (Å²) in [6, 6.07) is 0. The molecule has 0 aliphatic heterocycles. The number of hydrogen-bond acceptors (Lipinski definition) is 1. The van der Waals surface area contributed by atoms with Crippen LogP contribution < -0.4 is 0 Å². The highest BCUT2D eigenvalue weighted by Crippen LogP contribution is 2.18. The van der Waals surface area contributed by atoms with Crippen molar-refractivity contribution in [3.05, 3.63) is 6.92 Å². The minimum Gasteiger partial charge on any atom is -0.373 e. The van der Waals surface area contributed by atoms with Crippen molar-refractivity contribution in [3.8, 4) is 0 Å². The highest BCUT2D eigenvalue weighted by atomic mass is 16.5. The smallest absolute Gasteiger partial charge is 0.0602 e. The highest BCUT2D eigenvalue weighted by molar-refractivity contribution is 4.68. The van der Waals surface area contributed by atoms with Gasteiger partial charge >= 0.3 is 0 Å². The van der Waals surface area contributed by atoms with Gasteiger partial charge in [0, 0.05) is 0 Å². The molecule has 73 valence electrons. The Bertz CT molecular complexity index is 111. The van der Waals surface area contributed by atoms with Crippen LogP contribution in [0.4, 0.5) is 0 Å². The zero-order chi connectivity index (χ0) is 9.78. The SMILES string of the molecule is [CH2]CC(CC(C)C)OC(C)(C)C. The van der Waals surface area contributed by atoms with Crippen molar-refractivity contribution in [2.45, 2.75) is 59.2 Å². The van der Waals surface area contributed by atoms with Gasteiger partial charge in [-0.3, -0.25) is 0 Å². The van der Waals surface area contributed by atoms with Crippen LogP contribution in [0.2, 0.25) is 0 Å². The van der Waals surface area contributed by atoms with Gasteiger partial charge in [0.1, 0.15) is 0 Å². The first-order valence-electron chi connectivity index (χ1n) is 4.82. The second-order valence-corrected chi connectivity index (χ2v) is 4.77. The van der Waals surface area contributed by atoms with Crippen LogP contribution in [0.1, 0.15) is 47.5 Å². The minimum atomic E-state index is -0.0305. The maximum atomic E-state index is 5.84. The molecule has 0 fully saturated rings. The summed E-state index contributed by atoms with van der Waals surface area (Å²) in [5.41, 5.74) is -0.0305. The van der Waals surface area contributed by atoms with Gasteiger partial charge in [-0.2, -0.15) is 0 Å². The molecule has 0 bridgehead atoms. The van der Waals surface area contributed by atoms with E-state index < -0.39 is 0 Å². The first kappa shape index (κ1) is 12.0. The van der Waals surface area contributed by atoms with E-state index in [9.17, 15) is 0 Å². The molecule has 0 N–H and O–H groups in total. The third-order valence-electron chi connectivity index (χ3n) is 1.58. The van der Waals surface area contributed by atoms with Gasteiger partial charge in [0.25, 0.3) is 0 Å². The van der Waals surface area contributed by atoms with Crippen molar-refractivity contribution in [3.63, 3.8) is 0 Å². The predicted octanol–water partition coefficient (Wildman–Crippen LogP) is 3.44. The van der Waals surface area contributed by atoms with Gasteiger partial charge in [0.15, 0.2) is 0 Å². The average molecular weight is 171 g/mol. The van der Waals surface area contributed by atoms with Crippen molar-refractivity contribution < 1.29 is 4.74 Å². The fourth-order valence-electron chi connectivity index (χ4n) is 1.25. The van der Waals surface area contributed by atoms with Gasteiger partial charge < -0.3 is 4.74 Å². The third kappa shape index (κ3) is 6.66. The van der Waals surface area contributed by atoms with Crippen molar-refractivity contribution in [1.29, 1.82) is 0 Å². The lowest BCUT2D eigenvalue weighted by atomic mass is 10.0. The maximum absolute atomic E-state index is 5.84. The van der Waals surface area contributed by atoms with Crippen LogP contribution in [-0.2, 0) is 4.74 Å². The lowest BCUT2D eigenvalue weighted by Crippen LogP contribution is -2.28. The zero-order valence-electron chi connectivity index (χ0n) is 9.18. The number of hydrogen-bond donors (Lipinski definition) is 0. The first-order valence-corrected chi connectivity index (χ1v) is 4.82. The van der Waals surface area contributed by atoms with Crippen LogP contribution in [0.5, 0.6) is 0 Å².